The number of hydrogen-bond donors (Lipinski definition) is 3. The topological polar surface area (TPSA) is 183 Å². The van der Waals surface area contributed by atoms with E-state index in [1.165, 1.54) is 28.8 Å². The molecule has 0 radical (unpaired) electrons. The van der Waals surface area contributed by atoms with Crippen LogP contribution in [-0.4, -0.2) is 50.9 Å². The number of carboxylic acids is 1. The molecular formula is C69H58N8O6. The van der Waals surface area contributed by atoms with Crippen LogP contribution in [0.4, 0.5) is 0 Å². The number of nitrogens with one attached hydrogen (secondary N) is 2. The third-order valence-corrected chi connectivity index (χ3v) is 14.9. The summed E-state index contributed by atoms with van der Waals surface area (Å²) in [5, 5.41) is 12.5. The fraction of sp³-hybridized carbons (Fsp3) is 0.174. The fourth-order valence-corrected chi connectivity index (χ4v) is 10.2. The Morgan fingerprint density at radius 3 is 0.928 bits per heavy atom. The van der Waals surface area contributed by atoms with Crippen molar-refractivity contribution >= 4 is 50.1 Å². The van der Waals surface area contributed by atoms with E-state index in [9.17, 15) is 9.90 Å². The first-order chi connectivity index (χ1) is 39.7. The van der Waals surface area contributed by atoms with Crippen molar-refractivity contribution in [2.75, 3.05) is 0 Å². The Labute approximate surface area is 478 Å². The summed E-state index contributed by atoms with van der Waals surface area (Å²) < 4.78 is 26.0. The smallest absolute Gasteiger partial charge is 0.335 e. The van der Waals surface area contributed by atoms with E-state index in [0.717, 1.165) is 21.7 Å². The van der Waals surface area contributed by atoms with E-state index in [1.54, 1.807) is 12.1 Å². The van der Waals surface area contributed by atoms with E-state index in [2.05, 4.69) is 109 Å². The summed E-state index contributed by atoms with van der Waals surface area (Å²) in [5.41, 5.74) is 8.39. The first-order valence-electron chi connectivity index (χ1n) is 27.5. The second-order valence-electron chi connectivity index (χ2n) is 24.0. The number of H-pyrrole nitrogens is 2. The van der Waals surface area contributed by atoms with Crippen molar-refractivity contribution in [3.8, 4) is 91.5 Å². The number of carboxylic acid groups (broad SMARTS) is 1. The molecule has 2 aliphatic rings. The van der Waals surface area contributed by atoms with Crippen molar-refractivity contribution in [1.29, 1.82) is 0 Å². The second kappa shape index (κ2) is 19.8. The molecule has 2 aliphatic heterocycles. The Kier molecular flexibility index (Phi) is 12.4. The number of carbonyl (C=O) groups is 1. The van der Waals surface area contributed by atoms with Crippen molar-refractivity contribution in [2.24, 2.45) is 0 Å². The molecule has 0 atom stereocenters. The molecule has 410 valence electrons. The van der Waals surface area contributed by atoms with Crippen LogP contribution in [-0.2, 0) is 16.2 Å². The molecule has 3 N–H and O–H groups in total. The summed E-state index contributed by atoms with van der Waals surface area (Å²) in [6, 6.07) is 53.8. The van der Waals surface area contributed by atoms with Gasteiger partial charge >= 0.3 is 5.97 Å². The average molecular weight is 1100 g/mol. The second-order valence-corrected chi connectivity index (χ2v) is 24.0. The molecule has 0 unspecified atom stereocenters. The highest BCUT2D eigenvalue weighted by Gasteiger charge is 2.25. The maximum Gasteiger partial charge on any atom is 0.335 e. The monoisotopic (exact) mass is 1090 g/mol. The van der Waals surface area contributed by atoms with Gasteiger partial charge in [-0.15, -0.1) is 0 Å². The summed E-state index contributed by atoms with van der Waals surface area (Å²) in [7, 11) is 0. The number of benzene rings is 8. The van der Waals surface area contributed by atoms with Gasteiger partial charge in [0, 0.05) is 43.8 Å². The molecule has 14 nitrogen and oxygen atoms in total. The zero-order chi connectivity index (χ0) is 57.5. The highest BCUT2D eigenvalue weighted by Crippen LogP contribution is 2.42. The number of aromatic carboxylic acids is 1. The van der Waals surface area contributed by atoms with Crippen LogP contribution < -0.4 is 18.9 Å². The van der Waals surface area contributed by atoms with Gasteiger partial charge in [0.1, 0.15) is 68.6 Å². The summed E-state index contributed by atoms with van der Waals surface area (Å²) in [6.07, 6.45) is 0. The van der Waals surface area contributed by atoms with Gasteiger partial charge in [0.05, 0.1) is 5.56 Å². The Morgan fingerprint density at radius 1 is 0.325 bits per heavy atom. The molecule has 8 aromatic carbocycles. The van der Waals surface area contributed by atoms with Crippen LogP contribution in [0, 0.1) is 0 Å². The molecular weight excluding hydrogens is 1040 g/mol. The average Bonchev–Trinajstić information content (AvgIpc) is 3.15. The van der Waals surface area contributed by atoms with Crippen LogP contribution >= 0.6 is 0 Å². The molecule has 8 bridgehead atoms. The maximum atomic E-state index is 11.7. The minimum absolute atomic E-state index is 0.0154. The predicted molar refractivity (Wildman–Crippen MR) is 325 cm³/mol. The van der Waals surface area contributed by atoms with Crippen molar-refractivity contribution in [3.05, 3.63) is 192 Å². The van der Waals surface area contributed by atoms with Gasteiger partial charge in [-0.1, -0.05) is 98.7 Å². The fourth-order valence-electron chi connectivity index (χ4n) is 10.2. The predicted octanol–water partition coefficient (Wildman–Crippen LogP) is 17.6. The van der Waals surface area contributed by atoms with Crippen molar-refractivity contribution in [2.45, 2.75) is 78.6 Å². The maximum absolute atomic E-state index is 11.7. The van der Waals surface area contributed by atoms with E-state index in [4.69, 9.17) is 48.9 Å². The molecule has 0 spiro atoms. The molecule has 0 saturated heterocycles. The van der Waals surface area contributed by atoms with Gasteiger partial charge in [-0.2, -0.15) is 0 Å². The largest absolute Gasteiger partial charge is 0.478 e. The van der Waals surface area contributed by atoms with Gasteiger partial charge in [-0.25, -0.2) is 34.7 Å². The lowest BCUT2D eigenvalue weighted by Crippen LogP contribution is -2.10. The number of nitrogens with zero attached hydrogens (tertiary/aromatic N) is 6. The Hall–Kier alpha value is -10.2. The first kappa shape index (κ1) is 52.2. The van der Waals surface area contributed by atoms with Crippen LogP contribution in [0.2, 0.25) is 0 Å². The molecule has 0 fully saturated rings. The van der Waals surface area contributed by atoms with Crippen LogP contribution in [0.1, 0.15) is 89.4 Å². The first-order valence-corrected chi connectivity index (χ1v) is 27.5. The standard InChI is InChI=1S/C69H58N8O6/c1-67(2,3)39-12-20-43(21-13-39)81-47-27-30-50-54(35-47)62-71-58(50)70-59-51-31-28-48(82-44-22-14-40(15-23-44)68(4,5)6)36-55(51)63(72-59)74-61-53-33-29-49(83-45-24-16-41(17-25-45)69(7,8)9)37-57(53)65(76-61)77-64-56-34-46(26-32-52(56)60(73-62)75-64)80-42-18-10-38(11-19-42)66(78)79/h10-37H,1-9H3,(H,78,79)(H2,70,71,72,73,74,75,76,77). The molecule has 13 rings (SSSR count). The number of hydrogen-bond acceptors (Lipinski definition) is 11. The van der Waals surface area contributed by atoms with Gasteiger partial charge in [0.15, 0.2) is 23.3 Å². The third kappa shape index (κ3) is 10.4. The normalized spacial score (nSPS) is 12.3. The van der Waals surface area contributed by atoms with Gasteiger partial charge in [-0.3, -0.25) is 0 Å². The highest BCUT2D eigenvalue weighted by atomic mass is 16.5. The van der Waals surface area contributed by atoms with Crippen molar-refractivity contribution < 1.29 is 28.8 Å². The number of fused-ring (bicyclic) bond motifs is 20. The van der Waals surface area contributed by atoms with E-state index < -0.39 is 5.97 Å². The lowest BCUT2D eigenvalue weighted by atomic mass is 9.87. The lowest BCUT2D eigenvalue weighted by molar-refractivity contribution is 0.0696. The minimum Gasteiger partial charge on any atom is -0.478 e. The molecule has 83 heavy (non-hydrogen) atoms. The van der Waals surface area contributed by atoms with E-state index in [1.807, 2.05) is 109 Å². The van der Waals surface area contributed by atoms with Crippen LogP contribution in [0.3, 0.4) is 0 Å². The van der Waals surface area contributed by atoms with Crippen LogP contribution in [0.5, 0.6) is 46.0 Å². The molecule has 0 saturated carbocycles. The van der Waals surface area contributed by atoms with Crippen molar-refractivity contribution in [1.82, 2.24) is 39.9 Å². The quantitative estimate of drug-likeness (QED) is 0.125. The zero-order valence-electron chi connectivity index (χ0n) is 47.3. The summed E-state index contributed by atoms with van der Waals surface area (Å²) >= 11 is 0. The molecule has 14 heteroatoms. The number of aromatic amines is 2. The summed E-state index contributed by atoms with van der Waals surface area (Å²) in [4.78, 5) is 50.5. The van der Waals surface area contributed by atoms with Gasteiger partial charge in [0.2, 0.25) is 0 Å². The Morgan fingerprint density at radius 2 is 0.602 bits per heavy atom. The Balaban J connectivity index is 1.03. The van der Waals surface area contributed by atoms with E-state index in [0.29, 0.717) is 114 Å². The highest BCUT2D eigenvalue weighted by molar-refractivity contribution is 6.07. The molecule has 11 aromatic rings. The summed E-state index contributed by atoms with van der Waals surface area (Å²) in [5.74, 6) is 5.30. The zero-order valence-corrected chi connectivity index (χ0v) is 47.3. The lowest BCUT2D eigenvalue weighted by Gasteiger charge is -2.19. The van der Waals surface area contributed by atoms with Crippen molar-refractivity contribution in [3.63, 3.8) is 0 Å². The summed E-state index contributed by atoms with van der Waals surface area (Å²) in [6.45, 7) is 19.7. The molecule has 0 aliphatic carbocycles. The molecule has 3 aromatic heterocycles. The molecule has 5 heterocycles. The Bertz CT molecular complexity index is 4570. The van der Waals surface area contributed by atoms with Gasteiger partial charge in [-0.05, 0) is 166 Å². The van der Waals surface area contributed by atoms with Gasteiger partial charge in [0.25, 0.3) is 0 Å². The number of aromatic nitrogens is 8. The SMILES string of the molecule is CC(C)(C)c1ccc(Oc2ccc3c(c2)-c2nc-3nc3[nH]c(nc4nc(nc5[nH]c(n2)c2ccc(Oc6ccc(C(C)(C)C)cc6)cc52)-c2cc(Oc5ccc(C(=O)O)cc5)ccc2-4)c2cc(Oc4ccc(C(C)(C)C)cc4)ccc32)cc1. The number of ether oxygens (including phenoxy) is 4. The van der Waals surface area contributed by atoms with E-state index >= 15 is 0 Å². The minimum atomic E-state index is -1.03. The van der Waals surface area contributed by atoms with Crippen LogP contribution in [0.15, 0.2) is 170 Å². The van der Waals surface area contributed by atoms with Crippen LogP contribution in [0.25, 0.3) is 89.7 Å². The van der Waals surface area contributed by atoms with Gasteiger partial charge < -0.3 is 34.0 Å². The molecule has 0 amide bonds. The van der Waals surface area contributed by atoms with E-state index in [-0.39, 0.29) is 21.8 Å². The number of rotatable bonds is 9. The third-order valence-electron chi connectivity index (χ3n) is 14.9.